The van der Waals surface area contributed by atoms with Crippen LogP contribution in [0.5, 0.6) is 0 Å². The molecule has 4 aliphatic heterocycles. The number of esters is 1. The van der Waals surface area contributed by atoms with Gasteiger partial charge in [0.15, 0.2) is 0 Å². The van der Waals surface area contributed by atoms with Gasteiger partial charge in [0, 0.05) is 20.1 Å². The van der Waals surface area contributed by atoms with E-state index < -0.39 is 6.04 Å². The van der Waals surface area contributed by atoms with Crippen LogP contribution < -0.4 is 0 Å². The smallest absolute Gasteiger partial charge is 0.345 e. The molecule has 0 saturated carbocycles. The molecule has 4 atom stereocenters. The first kappa shape index (κ1) is 24.0. The maximum absolute atomic E-state index is 12.4. The highest BCUT2D eigenvalue weighted by Gasteiger charge is 2.48. The molecule has 10 nitrogen and oxygen atoms in total. The largest absolute Gasteiger partial charge is 0.464 e. The Hall–Kier alpha value is -3.14. The third kappa shape index (κ3) is 4.72. The molecule has 4 amide bonds. The van der Waals surface area contributed by atoms with Crippen LogP contribution in [0.4, 0.5) is 9.59 Å². The number of urea groups is 2. The summed E-state index contributed by atoms with van der Waals surface area (Å²) in [6.45, 7) is 3.70. The number of hydrogen-bond acceptors (Lipinski definition) is 6. The Bertz CT molecular complexity index is 912. The first-order valence-corrected chi connectivity index (χ1v) is 11.9. The first-order chi connectivity index (χ1) is 16.4. The van der Waals surface area contributed by atoms with Crippen LogP contribution in [-0.4, -0.2) is 95.0 Å². The van der Waals surface area contributed by atoms with Crippen LogP contribution in [0.2, 0.25) is 0 Å². The van der Waals surface area contributed by atoms with Gasteiger partial charge in [-0.05, 0) is 38.2 Å². The van der Waals surface area contributed by atoms with E-state index in [4.69, 9.17) is 9.57 Å². The van der Waals surface area contributed by atoms with Crippen LogP contribution in [0.1, 0.15) is 38.2 Å². The minimum Gasteiger partial charge on any atom is -0.464 e. The fourth-order valence-corrected chi connectivity index (χ4v) is 5.01. The molecule has 184 valence electrons. The molecular weight excluding hydrogens is 440 g/mol. The van der Waals surface area contributed by atoms with Crippen molar-refractivity contribution >= 4 is 24.3 Å². The van der Waals surface area contributed by atoms with Crippen molar-refractivity contribution in [2.45, 2.75) is 63.4 Å². The molecule has 0 aromatic heterocycles. The molecule has 34 heavy (non-hydrogen) atoms. The average Bonchev–Trinajstić information content (AvgIpc) is 3.23. The van der Waals surface area contributed by atoms with E-state index in [1.165, 1.54) is 5.06 Å². The number of benzene rings is 1. The molecule has 0 aliphatic carbocycles. The maximum atomic E-state index is 12.4. The molecule has 4 aliphatic rings. The van der Waals surface area contributed by atoms with Gasteiger partial charge in [0.1, 0.15) is 18.9 Å². The minimum absolute atomic E-state index is 0.00889. The van der Waals surface area contributed by atoms with Gasteiger partial charge in [-0.25, -0.2) is 14.4 Å². The lowest BCUT2D eigenvalue weighted by molar-refractivity contribution is -0.149. The SMILES string of the molecule is CCOC(=O)[C@@H]1CC[C@@H]2CN1C(=O)N2OCc1ccccc1.CN1C(=O)N2C[C@H]1CC[C@H]2C=O. The highest BCUT2D eigenvalue weighted by Crippen LogP contribution is 2.31. The number of hydrogen-bond donors (Lipinski definition) is 0. The van der Waals surface area contributed by atoms with Crippen LogP contribution in [0.25, 0.3) is 0 Å². The normalized spacial score (nSPS) is 27.5. The lowest BCUT2D eigenvalue weighted by Crippen LogP contribution is -2.45. The fourth-order valence-electron chi connectivity index (χ4n) is 5.01. The van der Waals surface area contributed by atoms with E-state index >= 15 is 0 Å². The molecular formula is C24H32N4O6. The molecule has 0 unspecified atom stereocenters. The summed E-state index contributed by atoms with van der Waals surface area (Å²) in [5, 5.41) is 1.42. The van der Waals surface area contributed by atoms with Crippen molar-refractivity contribution in [1.82, 2.24) is 19.8 Å². The van der Waals surface area contributed by atoms with Gasteiger partial charge in [0.05, 0.1) is 24.7 Å². The summed E-state index contributed by atoms with van der Waals surface area (Å²) in [7, 11) is 1.81. The van der Waals surface area contributed by atoms with Gasteiger partial charge in [0.25, 0.3) is 0 Å². The zero-order chi connectivity index (χ0) is 24.2. The highest BCUT2D eigenvalue weighted by molar-refractivity contribution is 5.85. The molecule has 4 saturated heterocycles. The number of amides is 4. The van der Waals surface area contributed by atoms with E-state index in [-0.39, 0.29) is 30.1 Å². The summed E-state index contributed by atoms with van der Waals surface area (Å²) in [6.07, 6.45) is 4.04. The molecule has 0 radical (unpaired) electrons. The summed E-state index contributed by atoms with van der Waals surface area (Å²) in [5.41, 5.74) is 1.01. The summed E-state index contributed by atoms with van der Waals surface area (Å²) in [5.74, 6) is -0.320. The molecule has 1 aromatic rings. The second-order valence-electron chi connectivity index (χ2n) is 9.00. The molecule has 4 bridgehead atoms. The Morgan fingerprint density at radius 2 is 1.71 bits per heavy atom. The van der Waals surface area contributed by atoms with Crippen LogP contribution in [-0.2, 0) is 25.8 Å². The van der Waals surface area contributed by atoms with Crippen molar-refractivity contribution < 1.29 is 28.8 Å². The van der Waals surface area contributed by atoms with Crippen molar-refractivity contribution in [2.75, 3.05) is 26.7 Å². The van der Waals surface area contributed by atoms with E-state index in [9.17, 15) is 19.2 Å². The van der Waals surface area contributed by atoms with E-state index in [0.29, 0.717) is 32.2 Å². The van der Waals surface area contributed by atoms with E-state index in [1.54, 1.807) is 28.7 Å². The van der Waals surface area contributed by atoms with Gasteiger partial charge in [-0.3, -0.25) is 4.84 Å². The van der Waals surface area contributed by atoms with E-state index in [1.807, 2.05) is 30.3 Å². The van der Waals surface area contributed by atoms with Crippen LogP contribution in [0.15, 0.2) is 30.3 Å². The van der Waals surface area contributed by atoms with Crippen molar-refractivity contribution in [3.63, 3.8) is 0 Å². The van der Waals surface area contributed by atoms with Gasteiger partial charge in [-0.1, -0.05) is 30.3 Å². The van der Waals surface area contributed by atoms with Gasteiger partial charge >= 0.3 is 18.0 Å². The minimum atomic E-state index is -0.478. The second kappa shape index (κ2) is 10.4. The number of fused-ring (bicyclic) bond motifs is 4. The third-order valence-corrected chi connectivity index (χ3v) is 6.95. The standard InChI is InChI=1S/C16H20N2O4.C8H12N2O2/c1-2-21-15(19)14-9-8-13-10-17(14)16(20)18(13)22-11-12-6-4-3-5-7-12;1-9-6-2-3-7(5-11)10(4-6)8(9)12/h3-7,13-14H,2,8-11H2,1H3;5-7H,2-4H2,1H3/t13-,14+;6-,7+/m11/s1. The first-order valence-electron chi connectivity index (χ1n) is 11.9. The molecule has 10 heteroatoms. The summed E-state index contributed by atoms with van der Waals surface area (Å²) >= 11 is 0. The van der Waals surface area contributed by atoms with Crippen molar-refractivity contribution in [3.05, 3.63) is 35.9 Å². The van der Waals surface area contributed by atoms with Gasteiger partial charge in [0.2, 0.25) is 0 Å². The topological polar surface area (TPSA) is 99.7 Å². The van der Waals surface area contributed by atoms with E-state index in [0.717, 1.165) is 37.7 Å². The molecule has 1 aromatic carbocycles. The lowest BCUT2D eigenvalue weighted by atomic mass is 10.0. The number of carbonyl (C=O) groups is 4. The number of piperidine rings is 2. The van der Waals surface area contributed by atoms with Crippen LogP contribution >= 0.6 is 0 Å². The highest BCUT2D eigenvalue weighted by atomic mass is 16.7. The number of nitrogens with zero attached hydrogens (tertiary/aromatic N) is 4. The number of likely N-dealkylation sites (N-methyl/N-ethyl adjacent to an activating group) is 1. The zero-order valence-electron chi connectivity index (χ0n) is 19.7. The maximum Gasteiger partial charge on any atom is 0.345 e. The van der Waals surface area contributed by atoms with Crippen LogP contribution in [0, 0.1) is 0 Å². The number of carbonyl (C=O) groups excluding carboxylic acids is 4. The Kier molecular flexibility index (Phi) is 7.35. The number of aldehydes is 1. The Balaban J connectivity index is 0.000000192. The number of hydroxylamine groups is 2. The van der Waals surface area contributed by atoms with Crippen LogP contribution in [0.3, 0.4) is 0 Å². The van der Waals surface area contributed by atoms with Gasteiger partial charge in [-0.15, -0.1) is 0 Å². The van der Waals surface area contributed by atoms with Crippen molar-refractivity contribution in [1.29, 1.82) is 0 Å². The third-order valence-electron chi connectivity index (χ3n) is 6.95. The Labute approximate surface area is 199 Å². The quantitative estimate of drug-likeness (QED) is 0.464. The molecule has 0 N–H and O–H groups in total. The van der Waals surface area contributed by atoms with Crippen molar-refractivity contribution in [2.24, 2.45) is 0 Å². The van der Waals surface area contributed by atoms with Crippen molar-refractivity contribution in [3.8, 4) is 0 Å². The fraction of sp³-hybridized carbons (Fsp3) is 0.583. The summed E-state index contributed by atoms with van der Waals surface area (Å²) in [6, 6.07) is 9.19. The second-order valence-corrected chi connectivity index (χ2v) is 9.00. The predicted octanol–water partition coefficient (Wildman–Crippen LogP) is 2.03. The molecule has 4 heterocycles. The summed E-state index contributed by atoms with van der Waals surface area (Å²) < 4.78 is 5.05. The van der Waals surface area contributed by atoms with E-state index in [2.05, 4.69) is 0 Å². The number of rotatable bonds is 6. The Morgan fingerprint density at radius 1 is 1.00 bits per heavy atom. The molecule has 5 rings (SSSR count). The molecule has 0 spiro atoms. The van der Waals surface area contributed by atoms with Gasteiger partial charge in [-0.2, -0.15) is 5.06 Å². The molecule has 4 fully saturated rings. The predicted molar refractivity (Wildman–Crippen MR) is 121 cm³/mol. The monoisotopic (exact) mass is 472 g/mol. The average molecular weight is 473 g/mol. The summed E-state index contributed by atoms with van der Waals surface area (Å²) in [4.78, 5) is 57.1. The van der Waals surface area contributed by atoms with Gasteiger partial charge < -0.3 is 24.2 Å². The number of ether oxygens (including phenoxy) is 1. The Morgan fingerprint density at radius 3 is 2.41 bits per heavy atom. The zero-order valence-corrected chi connectivity index (χ0v) is 19.7. The lowest BCUT2D eigenvalue weighted by Gasteiger charge is -2.28.